The van der Waals surface area contributed by atoms with E-state index in [0.717, 1.165) is 28.1 Å². The normalized spacial score (nSPS) is 17.0. The molecule has 1 N–H and O–H groups in total. The summed E-state index contributed by atoms with van der Waals surface area (Å²) in [5.74, 6) is -1.19. The molecule has 1 atom stereocenters. The van der Waals surface area contributed by atoms with Gasteiger partial charge in [-0.25, -0.2) is 0 Å². The van der Waals surface area contributed by atoms with E-state index in [9.17, 15) is 9.90 Å². The number of aliphatic carboxylic acids is 1. The first-order valence-electron chi connectivity index (χ1n) is 6.56. The molecular weight excluding hydrogens is 274 g/mol. The van der Waals surface area contributed by atoms with Crippen molar-refractivity contribution in [2.75, 3.05) is 0 Å². The van der Waals surface area contributed by atoms with Gasteiger partial charge in [0.1, 0.15) is 0 Å². The maximum atomic E-state index is 11.2. The van der Waals surface area contributed by atoms with Crippen LogP contribution in [0.4, 0.5) is 0 Å². The standard InChI is InChI=1S/C16H14ClNO2/c1-9-3-2-4-12(15(9)17)14-7-5-10-11(16(19)20)6-8-13(10)18-14/h2-5,7,11H,6,8H2,1H3,(H,19,20). The van der Waals surface area contributed by atoms with Gasteiger partial charge in [0.2, 0.25) is 0 Å². The molecule has 102 valence electrons. The van der Waals surface area contributed by atoms with Gasteiger partial charge in [-0.3, -0.25) is 9.78 Å². The van der Waals surface area contributed by atoms with Crippen molar-refractivity contribution < 1.29 is 9.90 Å². The Morgan fingerprint density at radius 3 is 2.90 bits per heavy atom. The van der Waals surface area contributed by atoms with E-state index in [-0.39, 0.29) is 0 Å². The van der Waals surface area contributed by atoms with Crippen molar-refractivity contribution in [2.24, 2.45) is 0 Å². The molecule has 0 fully saturated rings. The Kier molecular flexibility index (Phi) is 3.22. The first kappa shape index (κ1) is 13.1. The van der Waals surface area contributed by atoms with Gasteiger partial charge in [0.25, 0.3) is 0 Å². The van der Waals surface area contributed by atoms with Gasteiger partial charge in [-0.1, -0.05) is 35.9 Å². The van der Waals surface area contributed by atoms with Crippen LogP contribution < -0.4 is 0 Å². The number of halogens is 1. The van der Waals surface area contributed by atoms with E-state index in [2.05, 4.69) is 4.98 Å². The fourth-order valence-corrected chi connectivity index (χ4v) is 2.94. The van der Waals surface area contributed by atoms with Gasteiger partial charge in [-0.2, -0.15) is 0 Å². The molecule has 0 radical (unpaired) electrons. The molecule has 3 nitrogen and oxygen atoms in total. The van der Waals surface area contributed by atoms with Crippen LogP contribution in [0, 0.1) is 6.92 Å². The summed E-state index contributed by atoms with van der Waals surface area (Å²) in [7, 11) is 0. The largest absolute Gasteiger partial charge is 0.481 e. The van der Waals surface area contributed by atoms with Crippen LogP contribution in [0.5, 0.6) is 0 Å². The molecule has 1 aromatic heterocycles. The maximum Gasteiger partial charge on any atom is 0.311 e. The lowest BCUT2D eigenvalue weighted by molar-refractivity contribution is -0.138. The summed E-state index contributed by atoms with van der Waals surface area (Å²) in [4.78, 5) is 15.8. The van der Waals surface area contributed by atoms with Gasteiger partial charge in [-0.15, -0.1) is 0 Å². The van der Waals surface area contributed by atoms with E-state index in [1.54, 1.807) is 0 Å². The number of hydrogen-bond acceptors (Lipinski definition) is 2. The van der Waals surface area contributed by atoms with Crippen LogP contribution in [-0.2, 0) is 11.2 Å². The van der Waals surface area contributed by atoms with Crippen LogP contribution >= 0.6 is 11.6 Å². The second-order valence-electron chi connectivity index (χ2n) is 5.10. The number of rotatable bonds is 2. The summed E-state index contributed by atoms with van der Waals surface area (Å²) in [5, 5.41) is 9.88. The molecule has 0 aliphatic heterocycles. The summed E-state index contributed by atoms with van der Waals surface area (Å²) < 4.78 is 0. The number of hydrogen-bond donors (Lipinski definition) is 1. The molecule has 0 saturated carbocycles. The number of benzene rings is 1. The molecule has 4 heteroatoms. The number of aromatic nitrogens is 1. The molecule has 1 aliphatic carbocycles. The number of pyridine rings is 1. The predicted octanol–water partition coefficient (Wildman–Crippen LogP) is 3.82. The molecule has 2 aromatic rings. The summed E-state index contributed by atoms with van der Waals surface area (Å²) in [6, 6.07) is 9.59. The van der Waals surface area contributed by atoms with Gasteiger partial charge < -0.3 is 5.11 Å². The highest BCUT2D eigenvalue weighted by Gasteiger charge is 2.29. The van der Waals surface area contributed by atoms with Crippen molar-refractivity contribution in [1.29, 1.82) is 0 Å². The molecule has 20 heavy (non-hydrogen) atoms. The first-order chi connectivity index (χ1) is 9.58. The number of fused-ring (bicyclic) bond motifs is 1. The van der Waals surface area contributed by atoms with Crippen molar-refractivity contribution in [2.45, 2.75) is 25.7 Å². The van der Waals surface area contributed by atoms with E-state index in [1.165, 1.54) is 0 Å². The first-order valence-corrected chi connectivity index (χ1v) is 6.94. The molecule has 1 unspecified atom stereocenters. The highest BCUT2D eigenvalue weighted by molar-refractivity contribution is 6.34. The number of nitrogens with zero attached hydrogens (tertiary/aromatic N) is 1. The van der Waals surface area contributed by atoms with Gasteiger partial charge >= 0.3 is 5.97 Å². The average molecular weight is 288 g/mol. The summed E-state index contributed by atoms with van der Waals surface area (Å²) >= 11 is 6.32. The van der Waals surface area contributed by atoms with Crippen LogP contribution in [0.1, 0.15) is 29.2 Å². The fraction of sp³-hybridized carbons (Fsp3) is 0.250. The lowest BCUT2D eigenvalue weighted by Gasteiger charge is -2.09. The van der Waals surface area contributed by atoms with Crippen LogP contribution in [0.25, 0.3) is 11.3 Å². The predicted molar refractivity (Wildman–Crippen MR) is 78.1 cm³/mol. The maximum absolute atomic E-state index is 11.2. The third-order valence-electron chi connectivity index (χ3n) is 3.82. The van der Waals surface area contributed by atoms with Gasteiger partial charge in [0, 0.05) is 11.3 Å². The summed E-state index contributed by atoms with van der Waals surface area (Å²) in [6.07, 6.45) is 1.34. The topological polar surface area (TPSA) is 50.2 Å². The molecular formula is C16H14ClNO2. The lowest BCUT2D eigenvalue weighted by Crippen LogP contribution is -2.07. The second-order valence-corrected chi connectivity index (χ2v) is 5.48. The van der Waals surface area contributed by atoms with Crippen molar-refractivity contribution in [3.63, 3.8) is 0 Å². The van der Waals surface area contributed by atoms with Crippen molar-refractivity contribution in [3.8, 4) is 11.3 Å². The number of carbonyl (C=O) groups is 1. The van der Waals surface area contributed by atoms with E-state index in [4.69, 9.17) is 11.6 Å². The molecule has 0 spiro atoms. The number of carboxylic acids is 1. The zero-order valence-corrected chi connectivity index (χ0v) is 11.8. The van der Waals surface area contributed by atoms with Gasteiger partial charge in [0.05, 0.1) is 16.6 Å². The molecule has 1 heterocycles. The Morgan fingerprint density at radius 2 is 2.15 bits per heavy atom. The van der Waals surface area contributed by atoms with Crippen molar-refractivity contribution in [1.82, 2.24) is 4.98 Å². The van der Waals surface area contributed by atoms with Crippen molar-refractivity contribution in [3.05, 3.63) is 52.2 Å². The zero-order valence-electron chi connectivity index (χ0n) is 11.1. The minimum atomic E-state index is -0.771. The molecule has 0 saturated heterocycles. The Morgan fingerprint density at radius 1 is 1.35 bits per heavy atom. The minimum absolute atomic E-state index is 0.417. The van der Waals surface area contributed by atoms with E-state index in [1.807, 2.05) is 37.3 Å². The van der Waals surface area contributed by atoms with E-state index in [0.29, 0.717) is 17.9 Å². The average Bonchev–Trinajstić information content (AvgIpc) is 2.85. The van der Waals surface area contributed by atoms with Crippen LogP contribution in [0.3, 0.4) is 0 Å². The smallest absolute Gasteiger partial charge is 0.311 e. The van der Waals surface area contributed by atoms with Gasteiger partial charge in [0.15, 0.2) is 0 Å². The molecule has 1 aromatic carbocycles. The van der Waals surface area contributed by atoms with Crippen molar-refractivity contribution >= 4 is 17.6 Å². The number of carboxylic acid groups (broad SMARTS) is 1. The second kappa shape index (κ2) is 4.91. The molecule has 0 bridgehead atoms. The molecule has 0 amide bonds. The Bertz CT molecular complexity index is 697. The lowest BCUT2D eigenvalue weighted by atomic mass is 10.0. The zero-order chi connectivity index (χ0) is 14.3. The minimum Gasteiger partial charge on any atom is -0.481 e. The third-order valence-corrected chi connectivity index (χ3v) is 4.32. The van der Waals surface area contributed by atoms with Crippen LogP contribution in [0.2, 0.25) is 5.02 Å². The Labute approximate surface area is 122 Å². The summed E-state index contributed by atoms with van der Waals surface area (Å²) in [6.45, 7) is 1.96. The molecule has 3 rings (SSSR count). The highest BCUT2D eigenvalue weighted by Crippen LogP contribution is 2.35. The Hall–Kier alpha value is -1.87. The fourth-order valence-electron chi connectivity index (χ4n) is 2.72. The third kappa shape index (κ3) is 2.08. The van der Waals surface area contributed by atoms with Gasteiger partial charge in [-0.05, 0) is 37.0 Å². The number of aryl methyl sites for hydroxylation is 2. The van der Waals surface area contributed by atoms with E-state index < -0.39 is 11.9 Å². The quantitative estimate of drug-likeness (QED) is 0.913. The molecule has 1 aliphatic rings. The SMILES string of the molecule is Cc1cccc(-c2ccc3c(n2)CCC3C(=O)O)c1Cl. The van der Waals surface area contributed by atoms with E-state index >= 15 is 0 Å². The summed E-state index contributed by atoms with van der Waals surface area (Å²) in [5.41, 5.74) is 4.43. The van der Waals surface area contributed by atoms with Crippen LogP contribution in [-0.4, -0.2) is 16.1 Å². The Balaban J connectivity index is 2.06. The highest BCUT2D eigenvalue weighted by atomic mass is 35.5. The van der Waals surface area contributed by atoms with Crippen LogP contribution in [0.15, 0.2) is 30.3 Å². The monoisotopic (exact) mass is 287 g/mol.